The number of nitrogens with one attached hydrogen (secondary N) is 1. The van der Waals surface area contributed by atoms with E-state index >= 15 is 0 Å². The third kappa shape index (κ3) is 3.44. The second kappa shape index (κ2) is 3.36. The summed E-state index contributed by atoms with van der Waals surface area (Å²) in [6.45, 7) is 8.50. The number of amides is 2. The van der Waals surface area contributed by atoms with Gasteiger partial charge in [-0.3, -0.25) is 9.59 Å². The molecular weight excluding hydrogens is 168 g/mol. The largest absolute Gasteiger partial charge is 0.368 e. The second-order valence-electron chi connectivity index (χ2n) is 4.69. The van der Waals surface area contributed by atoms with E-state index in [0.717, 1.165) is 0 Å². The van der Waals surface area contributed by atoms with Crippen LogP contribution in [0.1, 0.15) is 34.6 Å². The van der Waals surface area contributed by atoms with Crippen LogP contribution in [0.25, 0.3) is 0 Å². The number of primary amides is 1. The fraction of sp³-hybridized carbons (Fsp3) is 0.778. The SMILES string of the molecule is CC(C)(C)C(=O)NC(C)(C)C(N)=O. The summed E-state index contributed by atoms with van der Waals surface area (Å²) in [5.74, 6) is -0.721. The van der Waals surface area contributed by atoms with Crippen LogP contribution < -0.4 is 11.1 Å². The van der Waals surface area contributed by atoms with E-state index in [1.54, 1.807) is 34.6 Å². The zero-order valence-electron chi connectivity index (χ0n) is 8.89. The Hall–Kier alpha value is -1.06. The van der Waals surface area contributed by atoms with Gasteiger partial charge in [-0.25, -0.2) is 0 Å². The molecule has 0 aromatic heterocycles. The van der Waals surface area contributed by atoms with Gasteiger partial charge in [0.05, 0.1) is 0 Å². The van der Waals surface area contributed by atoms with E-state index in [0.29, 0.717) is 0 Å². The lowest BCUT2D eigenvalue weighted by atomic mass is 9.93. The van der Waals surface area contributed by atoms with Gasteiger partial charge in [-0.15, -0.1) is 0 Å². The van der Waals surface area contributed by atoms with Gasteiger partial charge in [0.15, 0.2) is 0 Å². The van der Waals surface area contributed by atoms with Crippen LogP contribution in [0.2, 0.25) is 0 Å². The smallest absolute Gasteiger partial charge is 0.242 e. The van der Waals surface area contributed by atoms with Gasteiger partial charge in [-0.1, -0.05) is 20.8 Å². The highest BCUT2D eigenvalue weighted by molar-refractivity contribution is 5.91. The number of nitrogens with two attached hydrogens (primary N) is 1. The van der Waals surface area contributed by atoms with Gasteiger partial charge < -0.3 is 11.1 Å². The zero-order chi connectivity index (χ0) is 10.9. The summed E-state index contributed by atoms with van der Waals surface area (Å²) in [5, 5.41) is 2.58. The van der Waals surface area contributed by atoms with Crippen LogP contribution in [-0.4, -0.2) is 17.4 Å². The van der Waals surface area contributed by atoms with Gasteiger partial charge in [0.25, 0.3) is 0 Å². The number of carbonyl (C=O) groups excluding carboxylic acids is 2. The van der Waals surface area contributed by atoms with Crippen molar-refractivity contribution >= 4 is 11.8 Å². The van der Waals surface area contributed by atoms with Gasteiger partial charge in [0.2, 0.25) is 11.8 Å². The van der Waals surface area contributed by atoms with E-state index in [9.17, 15) is 9.59 Å². The third-order valence-corrected chi connectivity index (χ3v) is 1.72. The van der Waals surface area contributed by atoms with Gasteiger partial charge in [-0.2, -0.15) is 0 Å². The zero-order valence-corrected chi connectivity index (χ0v) is 8.89. The Bertz CT molecular complexity index is 226. The first-order valence-corrected chi connectivity index (χ1v) is 4.20. The highest BCUT2D eigenvalue weighted by Crippen LogP contribution is 2.14. The van der Waals surface area contributed by atoms with E-state index in [1.807, 2.05) is 0 Å². The molecule has 0 heterocycles. The van der Waals surface area contributed by atoms with E-state index in [1.165, 1.54) is 0 Å². The van der Waals surface area contributed by atoms with E-state index in [4.69, 9.17) is 5.73 Å². The van der Waals surface area contributed by atoms with E-state index in [2.05, 4.69) is 5.32 Å². The van der Waals surface area contributed by atoms with Crippen molar-refractivity contribution in [1.82, 2.24) is 5.32 Å². The quantitative estimate of drug-likeness (QED) is 0.655. The van der Waals surface area contributed by atoms with Crippen molar-refractivity contribution in [2.45, 2.75) is 40.2 Å². The summed E-state index contributed by atoms with van der Waals surface area (Å²) < 4.78 is 0. The fourth-order valence-corrected chi connectivity index (χ4v) is 0.533. The molecule has 0 aliphatic rings. The molecule has 0 saturated carbocycles. The monoisotopic (exact) mass is 186 g/mol. The standard InChI is InChI=1S/C9H18N2O2/c1-8(2,3)7(13)11-9(4,5)6(10)12/h1-5H3,(H2,10,12)(H,11,13). The third-order valence-electron chi connectivity index (χ3n) is 1.72. The maximum absolute atomic E-state index is 11.5. The Balaban J connectivity index is 4.47. The van der Waals surface area contributed by atoms with Crippen LogP contribution >= 0.6 is 0 Å². The molecule has 76 valence electrons. The lowest BCUT2D eigenvalue weighted by Crippen LogP contribution is -2.55. The summed E-state index contributed by atoms with van der Waals surface area (Å²) in [4.78, 5) is 22.4. The van der Waals surface area contributed by atoms with Crippen LogP contribution in [0, 0.1) is 5.41 Å². The van der Waals surface area contributed by atoms with Crippen molar-refractivity contribution in [2.75, 3.05) is 0 Å². The molecule has 0 fully saturated rings. The van der Waals surface area contributed by atoms with Gasteiger partial charge >= 0.3 is 0 Å². The molecule has 3 N–H and O–H groups in total. The van der Waals surface area contributed by atoms with Crippen molar-refractivity contribution in [1.29, 1.82) is 0 Å². The Labute approximate surface area is 78.9 Å². The molecule has 13 heavy (non-hydrogen) atoms. The second-order valence-corrected chi connectivity index (χ2v) is 4.69. The molecule has 4 heteroatoms. The molecule has 0 radical (unpaired) electrons. The summed E-state index contributed by atoms with van der Waals surface area (Å²) in [6, 6.07) is 0. The van der Waals surface area contributed by atoms with Crippen molar-refractivity contribution < 1.29 is 9.59 Å². The minimum absolute atomic E-state index is 0.184. The van der Waals surface area contributed by atoms with Crippen molar-refractivity contribution in [2.24, 2.45) is 11.1 Å². The lowest BCUT2D eigenvalue weighted by Gasteiger charge is -2.27. The van der Waals surface area contributed by atoms with Gasteiger partial charge in [-0.05, 0) is 13.8 Å². The summed E-state index contributed by atoms with van der Waals surface area (Å²) in [7, 11) is 0. The fourth-order valence-electron chi connectivity index (χ4n) is 0.533. The van der Waals surface area contributed by atoms with Crippen LogP contribution in [0.3, 0.4) is 0 Å². The number of rotatable bonds is 2. The Morgan fingerprint density at radius 3 is 1.69 bits per heavy atom. The normalized spacial score (nSPS) is 12.4. The highest BCUT2D eigenvalue weighted by atomic mass is 16.2. The average Bonchev–Trinajstić information content (AvgIpc) is 1.83. The van der Waals surface area contributed by atoms with E-state index in [-0.39, 0.29) is 5.91 Å². The Morgan fingerprint density at radius 1 is 1.08 bits per heavy atom. The molecule has 0 spiro atoms. The molecule has 0 aromatic carbocycles. The first-order chi connectivity index (χ1) is 5.57. The summed E-state index contributed by atoms with van der Waals surface area (Å²) in [5.41, 5.74) is 3.62. The van der Waals surface area contributed by atoms with E-state index < -0.39 is 16.9 Å². The van der Waals surface area contributed by atoms with Crippen LogP contribution in [0.15, 0.2) is 0 Å². The van der Waals surface area contributed by atoms with Crippen LogP contribution in [0.5, 0.6) is 0 Å². The molecule has 0 saturated heterocycles. The predicted molar refractivity (Wildman–Crippen MR) is 50.9 cm³/mol. The molecule has 0 aliphatic heterocycles. The lowest BCUT2D eigenvalue weighted by molar-refractivity contribution is -0.135. The Morgan fingerprint density at radius 2 is 1.46 bits per heavy atom. The Kier molecular flexibility index (Phi) is 3.08. The average molecular weight is 186 g/mol. The number of hydrogen-bond donors (Lipinski definition) is 2. The van der Waals surface area contributed by atoms with Crippen molar-refractivity contribution in [3.63, 3.8) is 0 Å². The topological polar surface area (TPSA) is 72.2 Å². The van der Waals surface area contributed by atoms with Crippen LogP contribution in [0.4, 0.5) is 0 Å². The first-order valence-electron chi connectivity index (χ1n) is 4.20. The van der Waals surface area contributed by atoms with Crippen molar-refractivity contribution in [3.05, 3.63) is 0 Å². The molecule has 4 nitrogen and oxygen atoms in total. The molecule has 0 unspecified atom stereocenters. The molecule has 0 bridgehead atoms. The molecule has 0 rings (SSSR count). The predicted octanol–water partition coefficient (Wildman–Crippen LogP) is 0.413. The number of hydrogen-bond acceptors (Lipinski definition) is 2. The minimum atomic E-state index is -0.982. The van der Waals surface area contributed by atoms with Gasteiger partial charge in [0.1, 0.15) is 5.54 Å². The maximum Gasteiger partial charge on any atom is 0.242 e. The highest BCUT2D eigenvalue weighted by Gasteiger charge is 2.31. The molecule has 2 amide bonds. The van der Waals surface area contributed by atoms with Crippen LogP contribution in [-0.2, 0) is 9.59 Å². The first kappa shape index (κ1) is 11.9. The van der Waals surface area contributed by atoms with Crippen molar-refractivity contribution in [3.8, 4) is 0 Å². The number of carbonyl (C=O) groups is 2. The van der Waals surface area contributed by atoms with Gasteiger partial charge in [0, 0.05) is 5.41 Å². The molecule has 0 aliphatic carbocycles. The summed E-state index contributed by atoms with van der Waals surface area (Å²) in [6.07, 6.45) is 0. The maximum atomic E-state index is 11.5. The minimum Gasteiger partial charge on any atom is -0.368 e. The molecular formula is C9H18N2O2. The molecule has 0 aromatic rings. The summed E-state index contributed by atoms with van der Waals surface area (Å²) >= 11 is 0. The molecule has 0 atom stereocenters.